The Morgan fingerprint density at radius 1 is 1.26 bits per heavy atom. The molecule has 4 N–H and O–H groups in total. The summed E-state index contributed by atoms with van der Waals surface area (Å²) in [6, 6.07) is 4.17. The summed E-state index contributed by atoms with van der Waals surface area (Å²) in [6.07, 6.45) is 2.73. The van der Waals surface area contributed by atoms with Crippen molar-refractivity contribution in [1.29, 1.82) is 0 Å². The zero-order valence-corrected chi connectivity index (χ0v) is 16.3. The molecule has 1 aromatic heterocycles. The molecule has 0 spiro atoms. The fourth-order valence-electron chi connectivity index (χ4n) is 3.45. The number of carbonyl (C=O) groups is 1. The predicted octanol–water partition coefficient (Wildman–Crippen LogP) is 3.25. The third kappa shape index (κ3) is 4.13. The Labute approximate surface area is 166 Å². The number of phenolic OH excluding ortho intramolecular Hbond substituents is 1. The van der Waals surface area contributed by atoms with Crippen LogP contribution in [-0.4, -0.2) is 34.0 Å². The zero-order chi connectivity index (χ0) is 19.7. The first-order chi connectivity index (χ1) is 12.8. The van der Waals surface area contributed by atoms with Crippen molar-refractivity contribution in [3.63, 3.8) is 0 Å². The lowest BCUT2D eigenvalue weighted by molar-refractivity contribution is 0.0677. The number of pyridine rings is 1. The van der Waals surface area contributed by atoms with E-state index in [1.54, 1.807) is 17.0 Å². The lowest BCUT2D eigenvalue weighted by Gasteiger charge is -2.35. The van der Waals surface area contributed by atoms with Gasteiger partial charge in [-0.3, -0.25) is 9.59 Å². The fraction of sp³-hybridized carbons (Fsp3) is 0.368. The number of aryl methyl sites for hydroxylation is 1. The van der Waals surface area contributed by atoms with Crippen LogP contribution in [0.15, 0.2) is 29.2 Å². The van der Waals surface area contributed by atoms with E-state index in [2.05, 4.69) is 4.98 Å². The number of nitrogens with zero attached hydrogens (tertiary/aromatic N) is 1. The number of nitrogens with two attached hydrogens (primary N) is 1. The average molecular weight is 410 g/mol. The number of hydrogen-bond donors (Lipinski definition) is 3. The number of aromatic nitrogens is 1. The molecule has 2 heterocycles. The molecule has 1 saturated heterocycles. The second kappa shape index (κ2) is 7.92. The highest BCUT2D eigenvalue weighted by Gasteiger charge is 2.30. The van der Waals surface area contributed by atoms with Crippen molar-refractivity contribution in [2.75, 3.05) is 13.1 Å². The normalized spacial score (nSPS) is 16.4. The number of piperidine rings is 1. The molecule has 0 radical (unpaired) electrons. The van der Waals surface area contributed by atoms with Gasteiger partial charge >= 0.3 is 0 Å². The van der Waals surface area contributed by atoms with E-state index >= 15 is 0 Å². The maximum absolute atomic E-state index is 12.6. The van der Waals surface area contributed by atoms with Gasteiger partial charge in [-0.25, -0.2) is 0 Å². The predicted molar refractivity (Wildman–Crippen MR) is 105 cm³/mol. The first-order valence-electron chi connectivity index (χ1n) is 8.70. The number of H-pyrrole nitrogens is 1. The van der Waals surface area contributed by atoms with Crippen LogP contribution in [0.2, 0.25) is 10.0 Å². The summed E-state index contributed by atoms with van der Waals surface area (Å²) >= 11 is 12.2. The number of likely N-dealkylation sites (tertiary alicyclic amines) is 1. The van der Waals surface area contributed by atoms with E-state index in [9.17, 15) is 14.7 Å². The van der Waals surface area contributed by atoms with Crippen LogP contribution >= 0.6 is 23.2 Å². The molecule has 8 heteroatoms. The summed E-state index contributed by atoms with van der Waals surface area (Å²) in [5.41, 5.74) is 7.73. The second-order valence-corrected chi connectivity index (χ2v) is 7.69. The van der Waals surface area contributed by atoms with Gasteiger partial charge in [-0.2, -0.15) is 0 Å². The van der Waals surface area contributed by atoms with Gasteiger partial charge in [-0.1, -0.05) is 23.2 Å². The van der Waals surface area contributed by atoms with Crippen molar-refractivity contribution in [2.24, 2.45) is 11.7 Å². The van der Waals surface area contributed by atoms with E-state index in [-0.39, 0.29) is 39.8 Å². The van der Waals surface area contributed by atoms with Crippen molar-refractivity contribution in [2.45, 2.75) is 25.8 Å². The first kappa shape index (κ1) is 19.7. The van der Waals surface area contributed by atoms with Crippen molar-refractivity contribution in [3.05, 3.63) is 61.5 Å². The number of nitrogens with one attached hydrogen (secondary N) is 1. The Hall–Kier alpha value is -2.02. The van der Waals surface area contributed by atoms with Gasteiger partial charge in [0.2, 0.25) is 5.56 Å². The molecular weight excluding hydrogens is 389 g/mol. The molecule has 1 aliphatic heterocycles. The molecule has 0 saturated carbocycles. The van der Waals surface area contributed by atoms with Crippen LogP contribution in [-0.2, 0) is 0 Å². The molecule has 6 nitrogen and oxygen atoms in total. The number of halogens is 2. The van der Waals surface area contributed by atoms with Crippen LogP contribution in [0.25, 0.3) is 0 Å². The summed E-state index contributed by atoms with van der Waals surface area (Å²) in [5.74, 6) is 0.0391. The maximum atomic E-state index is 12.6. The Bertz CT molecular complexity index is 921. The Balaban J connectivity index is 1.69. The molecular formula is C19H21Cl2N3O3. The first-order valence-corrected chi connectivity index (χ1v) is 9.45. The van der Waals surface area contributed by atoms with Crippen molar-refractivity contribution in [1.82, 2.24) is 9.88 Å². The average Bonchev–Trinajstić information content (AvgIpc) is 2.64. The third-order valence-electron chi connectivity index (χ3n) is 5.11. The molecule has 0 aliphatic carbocycles. The number of aromatic hydroxyl groups is 1. The molecule has 1 aromatic carbocycles. The number of aromatic amines is 1. The molecule has 0 unspecified atom stereocenters. The Morgan fingerprint density at radius 2 is 1.93 bits per heavy atom. The maximum Gasteiger partial charge on any atom is 0.256 e. The lowest BCUT2D eigenvalue weighted by Crippen LogP contribution is -2.41. The molecule has 27 heavy (non-hydrogen) atoms. The molecule has 1 amide bonds. The highest BCUT2D eigenvalue weighted by Crippen LogP contribution is 2.36. The molecule has 1 aliphatic rings. The number of phenols is 1. The van der Waals surface area contributed by atoms with Gasteiger partial charge in [0.25, 0.3) is 5.91 Å². The van der Waals surface area contributed by atoms with Gasteiger partial charge in [-0.15, -0.1) is 0 Å². The minimum Gasteiger partial charge on any atom is -0.508 e. The highest BCUT2D eigenvalue weighted by molar-refractivity contribution is 6.33. The fourth-order valence-corrected chi connectivity index (χ4v) is 3.85. The Morgan fingerprint density at radius 3 is 2.56 bits per heavy atom. The summed E-state index contributed by atoms with van der Waals surface area (Å²) in [4.78, 5) is 28.1. The topological polar surface area (TPSA) is 99.4 Å². The largest absolute Gasteiger partial charge is 0.508 e. The smallest absolute Gasteiger partial charge is 0.256 e. The van der Waals surface area contributed by atoms with Gasteiger partial charge in [0.15, 0.2) is 0 Å². The monoisotopic (exact) mass is 409 g/mol. The van der Waals surface area contributed by atoms with Crippen LogP contribution in [0.4, 0.5) is 0 Å². The minimum absolute atomic E-state index is 0.116. The van der Waals surface area contributed by atoms with Gasteiger partial charge in [0, 0.05) is 42.0 Å². The van der Waals surface area contributed by atoms with E-state index in [0.29, 0.717) is 36.5 Å². The van der Waals surface area contributed by atoms with E-state index in [4.69, 9.17) is 28.9 Å². The van der Waals surface area contributed by atoms with Crippen LogP contribution in [0.5, 0.6) is 5.75 Å². The molecule has 3 rings (SSSR count). The number of amides is 1. The van der Waals surface area contributed by atoms with Crippen molar-refractivity contribution < 1.29 is 9.90 Å². The van der Waals surface area contributed by atoms with Crippen LogP contribution < -0.4 is 11.3 Å². The van der Waals surface area contributed by atoms with Crippen molar-refractivity contribution >= 4 is 29.1 Å². The second-order valence-electron chi connectivity index (χ2n) is 6.87. The van der Waals surface area contributed by atoms with E-state index in [1.807, 2.05) is 6.92 Å². The van der Waals surface area contributed by atoms with Gasteiger partial charge in [0.1, 0.15) is 5.75 Å². The quantitative estimate of drug-likeness (QED) is 0.723. The molecule has 144 valence electrons. The minimum atomic E-state index is -0.364. The van der Waals surface area contributed by atoms with Gasteiger partial charge in [0.05, 0.1) is 10.6 Å². The van der Waals surface area contributed by atoms with Gasteiger partial charge in [-0.05, 0) is 43.4 Å². The summed E-state index contributed by atoms with van der Waals surface area (Å²) in [5, 5.41) is 10.9. The number of hydrogen-bond acceptors (Lipinski definition) is 4. The van der Waals surface area contributed by atoms with Crippen molar-refractivity contribution in [3.8, 4) is 5.75 Å². The summed E-state index contributed by atoms with van der Waals surface area (Å²) in [7, 11) is 0. The standard InChI is InChI=1S/C19H21Cl2N3O3/c1-10-6-16(25)12(7-14(10)20)18(22)11-2-4-24(5-3-11)19(27)13-9-23-17(26)8-15(13)21/h6-9,11,18,25H,2-5,22H2,1H3,(H,23,26)/t18-/m1/s1. The molecule has 1 atom stereocenters. The number of rotatable bonds is 3. The van der Waals surface area contributed by atoms with Crippen LogP contribution in [0.3, 0.4) is 0 Å². The lowest BCUT2D eigenvalue weighted by atomic mass is 9.85. The van der Waals surface area contributed by atoms with E-state index in [0.717, 1.165) is 5.56 Å². The number of benzene rings is 1. The Kier molecular flexibility index (Phi) is 5.79. The number of carbonyl (C=O) groups excluding carboxylic acids is 1. The third-order valence-corrected chi connectivity index (χ3v) is 5.83. The molecule has 1 fully saturated rings. The van der Waals surface area contributed by atoms with Gasteiger partial charge < -0.3 is 20.7 Å². The highest BCUT2D eigenvalue weighted by atomic mass is 35.5. The van der Waals surface area contributed by atoms with E-state index < -0.39 is 0 Å². The van der Waals surface area contributed by atoms with Crippen LogP contribution in [0, 0.1) is 12.8 Å². The zero-order valence-electron chi connectivity index (χ0n) is 14.8. The van der Waals surface area contributed by atoms with Crippen LogP contribution in [0.1, 0.15) is 40.4 Å². The summed E-state index contributed by atoms with van der Waals surface area (Å²) in [6.45, 7) is 2.86. The molecule has 0 bridgehead atoms. The SMILES string of the molecule is Cc1cc(O)c([C@H](N)C2CCN(C(=O)c3c[nH]c(=O)cc3Cl)CC2)cc1Cl. The summed E-state index contributed by atoms with van der Waals surface area (Å²) < 4.78 is 0. The molecule has 2 aromatic rings. The van der Waals surface area contributed by atoms with E-state index in [1.165, 1.54) is 12.3 Å².